The molecule has 0 bridgehead atoms. The molecule has 2 aliphatic carbocycles. The maximum Gasteiger partial charge on any atom is 0.0780 e. The number of fused-ring (bicyclic) bond motifs is 1. The molecule has 3 aliphatic rings. The molecule has 4 heteroatoms. The molecule has 25 heavy (non-hydrogen) atoms. The maximum absolute atomic E-state index is 6.42. The highest BCUT2D eigenvalue weighted by Crippen LogP contribution is 2.32. The van der Waals surface area contributed by atoms with Gasteiger partial charge < -0.3 is 15.5 Å². The predicted molar refractivity (Wildman–Crippen MR) is 100.0 cm³/mol. The van der Waals surface area contributed by atoms with Crippen LogP contribution in [0.2, 0.25) is 0 Å². The zero-order chi connectivity index (χ0) is 17.2. The number of ether oxygens (including phenoxy) is 1. The largest absolute Gasteiger partial charge is 0.400 e. The third-order valence-corrected chi connectivity index (χ3v) is 5.29. The van der Waals surface area contributed by atoms with Gasteiger partial charge in [-0.15, -0.1) is 0 Å². The molecule has 2 fully saturated rings. The molecule has 1 aromatic carbocycles. The molecule has 1 saturated carbocycles. The van der Waals surface area contributed by atoms with E-state index in [2.05, 4.69) is 30.0 Å². The van der Waals surface area contributed by atoms with Crippen molar-refractivity contribution in [3.8, 4) is 11.8 Å². The predicted octanol–water partition coefficient (Wildman–Crippen LogP) is 2.77. The molecule has 1 saturated heterocycles. The molecule has 0 aromatic heterocycles. The molecular formula is C21H27N3O. The lowest BCUT2D eigenvalue weighted by atomic mass is 9.90. The summed E-state index contributed by atoms with van der Waals surface area (Å²) in [7, 11) is 0. The summed E-state index contributed by atoms with van der Waals surface area (Å²) in [6.07, 6.45) is 7.96. The molecule has 1 atom stereocenters. The molecule has 4 nitrogen and oxygen atoms in total. The number of allylic oxidation sites excluding steroid dienone is 1. The molecule has 0 radical (unpaired) electrons. The van der Waals surface area contributed by atoms with Crippen LogP contribution in [0.1, 0.15) is 55.2 Å². The molecule has 1 heterocycles. The quantitative estimate of drug-likeness (QED) is 0.506. The van der Waals surface area contributed by atoms with Crippen molar-refractivity contribution in [3.63, 3.8) is 0 Å². The van der Waals surface area contributed by atoms with Crippen LogP contribution in [0, 0.1) is 17.8 Å². The second-order valence-electron chi connectivity index (χ2n) is 7.43. The van der Waals surface area contributed by atoms with E-state index in [1.165, 1.54) is 24.8 Å². The number of hydrogen-bond acceptors (Lipinski definition) is 4. The average molecular weight is 337 g/mol. The van der Waals surface area contributed by atoms with Crippen LogP contribution >= 0.6 is 0 Å². The maximum atomic E-state index is 6.42. The SMILES string of the molecule is NC1=C(N(N)CC2CCCCO2)c2ccc(C#CC3CC3)cc2CC1. The summed E-state index contributed by atoms with van der Waals surface area (Å²) in [6.45, 7) is 1.53. The van der Waals surface area contributed by atoms with Crippen molar-refractivity contribution in [2.75, 3.05) is 13.2 Å². The lowest BCUT2D eigenvalue weighted by Gasteiger charge is -2.33. The van der Waals surface area contributed by atoms with Gasteiger partial charge in [-0.1, -0.05) is 17.9 Å². The van der Waals surface area contributed by atoms with Crippen LogP contribution in [0.25, 0.3) is 5.70 Å². The Morgan fingerprint density at radius 1 is 1.16 bits per heavy atom. The van der Waals surface area contributed by atoms with Crippen LogP contribution in [-0.2, 0) is 11.2 Å². The van der Waals surface area contributed by atoms with E-state index in [1.807, 2.05) is 0 Å². The van der Waals surface area contributed by atoms with Crippen LogP contribution in [0.4, 0.5) is 0 Å². The Balaban J connectivity index is 1.54. The highest BCUT2D eigenvalue weighted by Gasteiger charge is 2.24. The van der Waals surface area contributed by atoms with Gasteiger partial charge in [0.25, 0.3) is 0 Å². The van der Waals surface area contributed by atoms with Gasteiger partial charge >= 0.3 is 0 Å². The van der Waals surface area contributed by atoms with Gasteiger partial charge in [-0.05, 0) is 62.6 Å². The second kappa shape index (κ2) is 7.11. The first-order valence-corrected chi connectivity index (χ1v) is 9.48. The van der Waals surface area contributed by atoms with E-state index >= 15 is 0 Å². The Kier molecular flexibility index (Phi) is 4.70. The summed E-state index contributed by atoms with van der Waals surface area (Å²) in [5.41, 5.74) is 11.7. The third kappa shape index (κ3) is 3.84. The summed E-state index contributed by atoms with van der Waals surface area (Å²) in [5.74, 6) is 13.7. The van der Waals surface area contributed by atoms with Crippen molar-refractivity contribution in [3.05, 3.63) is 40.6 Å². The van der Waals surface area contributed by atoms with Crippen molar-refractivity contribution in [2.24, 2.45) is 17.5 Å². The van der Waals surface area contributed by atoms with Gasteiger partial charge in [0.1, 0.15) is 0 Å². The first-order chi connectivity index (χ1) is 12.2. The minimum absolute atomic E-state index is 0.202. The van der Waals surface area contributed by atoms with Crippen LogP contribution in [0.15, 0.2) is 23.9 Å². The van der Waals surface area contributed by atoms with Gasteiger partial charge in [0.15, 0.2) is 0 Å². The van der Waals surface area contributed by atoms with E-state index in [9.17, 15) is 0 Å². The molecule has 0 spiro atoms. The summed E-state index contributed by atoms with van der Waals surface area (Å²) in [5, 5.41) is 1.80. The number of hydrazine groups is 1. The van der Waals surface area contributed by atoms with Gasteiger partial charge in [-0.25, -0.2) is 5.84 Å². The zero-order valence-corrected chi connectivity index (χ0v) is 14.8. The summed E-state index contributed by atoms with van der Waals surface area (Å²) >= 11 is 0. The van der Waals surface area contributed by atoms with E-state index in [0.29, 0.717) is 12.5 Å². The van der Waals surface area contributed by atoms with Crippen molar-refractivity contribution in [1.82, 2.24) is 5.01 Å². The lowest BCUT2D eigenvalue weighted by molar-refractivity contribution is 0.00298. The molecule has 4 rings (SSSR count). The smallest absolute Gasteiger partial charge is 0.0780 e. The highest BCUT2D eigenvalue weighted by atomic mass is 16.5. The van der Waals surface area contributed by atoms with E-state index in [4.69, 9.17) is 16.3 Å². The minimum atomic E-state index is 0.202. The minimum Gasteiger partial charge on any atom is -0.400 e. The molecule has 132 valence electrons. The third-order valence-electron chi connectivity index (χ3n) is 5.29. The first-order valence-electron chi connectivity index (χ1n) is 9.48. The average Bonchev–Trinajstić information content (AvgIpc) is 3.45. The first kappa shape index (κ1) is 16.5. The second-order valence-corrected chi connectivity index (χ2v) is 7.43. The van der Waals surface area contributed by atoms with Crippen LogP contribution in [0.5, 0.6) is 0 Å². The molecule has 1 aromatic rings. The van der Waals surface area contributed by atoms with E-state index in [1.54, 1.807) is 5.01 Å². The van der Waals surface area contributed by atoms with E-state index in [0.717, 1.165) is 54.8 Å². The fourth-order valence-electron chi connectivity index (χ4n) is 3.68. The van der Waals surface area contributed by atoms with Gasteiger partial charge in [-0.3, -0.25) is 0 Å². The topological polar surface area (TPSA) is 64.5 Å². The molecule has 0 amide bonds. The Hall–Kier alpha value is -1.96. The zero-order valence-electron chi connectivity index (χ0n) is 14.8. The highest BCUT2D eigenvalue weighted by molar-refractivity contribution is 5.72. The Morgan fingerprint density at radius 2 is 2.04 bits per heavy atom. The molecule has 4 N–H and O–H groups in total. The Labute approximate surface area is 150 Å². The lowest BCUT2D eigenvalue weighted by Crippen LogP contribution is -2.40. The normalized spacial score (nSPS) is 22.8. The van der Waals surface area contributed by atoms with Crippen molar-refractivity contribution >= 4 is 5.70 Å². The van der Waals surface area contributed by atoms with Gasteiger partial charge in [0.2, 0.25) is 0 Å². The van der Waals surface area contributed by atoms with Gasteiger partial charge in [0, 0.05) is 29.3 Å². The van der Waals surface area contributed by atoms with Crippen molar-refractivity contribution in [2.45, 2.75) is 51.0 Å². The number of hydrogen-bond donors (Lipinski definition) is 2. The van der Waals surface area contributed by atoms with Gasteiger partial charge in [0.05, 0.1) is 18.3 Å². The molecule has 1 aliphatic heterocycles. The summed E-state index contributed by atoms with van der Waals surface area (Å²) in [6, 6.07) is 6.44. The van der Waals surface area contributed by atoms with Gasteiger partial charge in [-0.2, -0.15) is 0 Å². The molecule has 1 unspecified atom stereocenters. The van der Waals surface area contributed by atoms with Crippen LogP contribution in [0.3, 0.4) is 0 Å². The summed E-state index contributed by atoms with van der Waals surface area (Å²) in [4.78, 5) is 0. The fourth-order valence-corrected chi connectivity index (χ4v) is 3.68. The number of nitrogens with two attached hydrogens (primary N) is 2. The van der Waals surface area contributed by atoms with E-state index < -0.39 is 0 Å². The van der Waals surface area contributed by atoms with Crippen LogP contribution in [-0.4, -0.2) is 24.3 Å². The Morgan fingerprint density at radius 3 is 2.80 bits per heavy atom. The van der Waals surface area contributed by atoms with Crippen molar-refractivity contribution in [1.29, 1.82) is 0 Å². The fraction of sp³-hybridized carbons (Fsp3) is 0.524. The standard InChI is InChI=1S/C21H27N3O/c22-20-11-9-17-13-16(7-6-15-4-5-15)8-10-19(17)21(20)24(23)14-18-3-1-2-12-25-18/h8,10,13,15,18H,1-5,9,11-12,14,22-23H2. The van der Waals surface area contributed by atoms with Crippen LogP contribution < -0.4 is 11.6 Å². The number of rotatable bonds is 3. The van der Waals surface area contributed by atoms with Crippen molar-refractivity contribution < 1.29 is 4.74 Å². The number of nitrogens with zero attached hydrogens (tertiary/aromatic N) is 1. The molecular weight excluding hydrogens is 310 g/mol. The summed E-state index contributed by atoms with van der Waals surface area (Å²) < 4.78 is 5.84. The number of benzene rings is 1. The monoisotopic (exact) mass is 337 g/mol. The van der Waals surface area contributed by atoms with E-state index in [-0.39, 0.29) is 6.10 Å². The number of aryl methyl sites for hydroxylation is 1. The Bertz CT molecular complexity index is 733.